The summed E-state index contributed by atoms with van der Waals surface area (Å²) >= 11 is 0. The number of nitrogens with zero attached hydrogens (tertiary/aromatic N) is 2. The fourth-order valence-corrected chi connectivity index (χ4v) is 2.46. The van der Waals surface area contributed by atoms with Gasteiger partial charge in [0.25, 0.3) is 0 Å². The van der Waals surface area contributed by atoms with Gasteiger partial charge in [0.2, 0.25) is 5.88 Å². The molecule has 1 aliphatic heterocycles. The SMILES string of the molecule is COc1cc(C(F)(F)F)c(C2=CCCN(C(=O)OC(C)(C)C)C2)cn1. The lowest BCUT2D eigenvalue weighted by Crippen LogP contribution is -2.39. The molecule has 5 nitrogen and oxygen atoms in total. The number of rotatable bonds is 2. The van der Waals surface area contributed by atoms with Gasteiger partial charge in [-0.2, -0.15) is 13.2 Å². The summed E-state index contributed by atoms with van der Waals surface area (Å²) in [5, 5.41) is 0. The predicted octanol–water partition coefficient (Wildman–Crippen LogP) is 4.13. The first-order valence-electron chi connectivity index (χ1n) is 7.80. The van der Waals surface area contributed by atoms with E-state index in [9.17, 15) is 18.0 Å². The maximum absolute atomic E-state index is 13.4. The second kappa shape index (κ2) is 6.93. The van der Waals surface area contributed by atoms with Gasteiger partial charge in [-0.3, -0.25) is 0 Å². The number of ether oxygens (including phenoxy) is 2. The number of carbonyl (C=O) groups excluding carboxylic acids is 1. The third kappa shape index (κ3) is 4.87. The lowest BCUT2D eigenvalue weighted by molar-refractivity contribution is -0.138. The summed E-state index contributed by atoms with van der Waals surface area (Å²) in [7, 11) is 1.26. The normalized spacial score (nSPS) is 15.6. The van der Waals surface area contributed by atoms with Crippen molar-refractivity contribution in [1.82, 2.24) is 9.88 Å². The Morgan fingerprint density at radius 1 is 1.28 bits per heavy atom. The second-order valence-electron chi connectivity index (χ2n) is 6.69. The number of carbonyl (C=O) groups is 1. The Kier molecular flexibility index (Phi) is 5.29. The van der Waals surface area contributed by atoms with E-state index in [1.807, 2.05) is 0 Å². The number of amides is 1. The minimum atomic E-state index is -4.55. The van der Waals surface area contributed by atoms with Crippen LogP contribution in [0, 0.1) is 0 Å². The zero-order valence-electron chi connectivity index (χ0n) is 14.6. The molecule has 0 fully saturated rings. The summed E-state index contributed by atoms with van der Waals surface area (Å²) in [5.74, 6) is -0.114. The van der Waals surface area contributed by atoms with E-state index in [4.69, 9.17) is 9.47 Å². The van der Waals surface area contributed by atoms with Crippen molar-refractivity contribution in [2.45, 2.75) is 39.0 Å². The zero-order valence-corrected chi connectivity index (χ0v) is 14.6. The van der Waals surface area contributed by atoms with E-state index in [0.717, 1.165) is 12.3 Å². The van der Waals surface area contributed by atoms with E-state index >= 15 is 0 Å². The third-order valence-electron chi connectivity index (χ3n) is 3.54. The number of hydrogen-bond donors (Lipinski definition) is 0. The molecule has 0 aromatic carbocycles. The topological polar surface area (TPSA) is 51.7 Å². The van der Waals surface area contributed by atoms with Crippen molar-refractivity contribution < 1.29 is 27.4 Å². The van der Waals surface area contributed by atoms with Crippen molar-refractivity contribution in [3.63, 3.8) is 0 Å². The van der Waals surface area contributed by atoms with Crippen molar-refractivity contribution in [2.24, 2.45) is 0 Å². The van der Waals surface area contributed by atoms with Crippen LogP contribution in [0.4, 0.5) is 18.0 Å². The van der Waals surface area contributed by atoms with Gasteiger partial charge in [-0.15, -0.1) is 0 Å². The van der Waals surface area contributed by atoms with Gasteiger partial charge in [0.15, 0.2) is 0 Å². The van der Waals surface area contributed by atoms with Gasteiger partial charge < -0.3 is 14.4 Å². The van der Waals surface area contributed by atoms with Crippen LogP contribution in [-0.2, 0) is 10.9 Å². The molecule has 138 valence electrons. The van der Waals surface area contributed by atoms with Crippen LogP contribution in [0.1, 0.15) is 38.3 Å². The number of alkyl halides is 3. The van der Waals surface area contributed by atoms with Crippen LogP contribution in [0.2, 0.25) is 0 Å². The molecule has 0 saturated heterocycles. The highest BCUT2D eigenvalue weighted by molar-refractivity contribution is 5.76. The van der Waals surface area contributed by atoms with Crippen molar-refractivity contribution in [3.8, 4) is 5.88 Å². The Labute approximate surface area is 144 Å². The number of aromatic nitrogens is 1. The first-order valence-corrected chi connectivity index (χ1v) is 7.80. The zero-order chi connectivity index (χ0) is 18.8. The van der Waals surface area contributed by atoms with E-state index < -0.39 is 23.4 Å². The molecule has 2 rings (SSSR count). The second-order valence-corrected chi connectivity index (χ2v) is 6.69. The predicted molar refractivity (Wildman–Crippen MR) is 86.2 cm³/mol. The molecule has 0 unspecified atom stereocenters. The van der Waals surface area contributed by atoms with Crippen molar-refractivity contribution in [2.75, 3.05) is 20.2 Å². The molecule has 0 saturated carbocycles. The summed E-state index contributed by atoms with van der Waals surface area (Å²) < 4.78 is 50.2. The van der Waals surface area contributed by atoms with Crippen LogP contribution in [0.25, 0.3) is 5.57 Å². The molecule has 0 bridgehead atoms. The molecule has 0 atom stereocenters. The Morgan fingerprint density at radius 2 is 1.96 bits per heavy atom. The molecule has 1 aromatic rings. The average Bonchev–Trinajstić information content (AvgIpc) is 2.52. The van der Waals surface area contributed by atoms with Gasteiger partial charge in [0.05, 0.1) is 12.7 Å². The Bertz CT molecular complexity index is 679. The summed E-state index contributed by atoms with van der Waals surface area (Å²) in [6.07, 6.45) is -1.84. The largest absolute Gasteiger partial charge is 0.481 e. The number of pyridine rings is 1. The van der Waals surface area contributed by atoms with Gasteiger partial charge in [-0.05, 0) is 32.8 Å². The van der Waals surface area contributed by atoms with Crippen LogP contribution in [0.3, 0.4) is 0 Å². The minimum Gasteiger partial charge on any atom is -0.481 e. The van der Waals surface area contributed by atoms with Gasteiger partial charge >= 0.3 is 12.3 Å². The number of methoxy groups -OCH3 is 1. The molecule has 2 heterocycles. The van der Waals surface area contributed by atoms with Crippen molar-refractivity contribution in [3.05, 3.63) is 29.5 Å². The molecule has 8 heteroatoms. The molecule has 1 aromatic heterocycles. The fourth-order valence-electron chi connectivity index (χ4n) is 2.46. The van der Waals surface area contributed by atoms with Crippen LogP contribution in [0.5, 0.6) is 5.88 Å². The summed E-state index contributed by atoms with van der Waals surface area (Å²) in [6.45, 7) is 5.64. The summed E-state index contributed by atoms with van der Waals surface area (Å²) in [5.41, 5.74) is -1.17. The number of halogens is 3. The highest BCUT2D eigenvalue weighted by atomic mass is 19.4. The quantitative estimate of drug-likeness (QED) is 0.798. The van der Waals surface area contributed by atoms with Crippen molar-refractivity contribution >= 4 is 11.7 Å². The standard InChI is InChI=1S/C17H21F3N2O3/c1-16(2,3)25-15(23)22-7-5-6-11(10-22)12-9-21-14(24-4)8-13(12)17(18,19)20/h6,8-9H,5,7,10H2,1-4H3. The molecule has 1 amide bonds. The van der Waals surface area contributed by atoms with E-state index in [1.54, 1.807) is 26.8 Å². The lowest BCUT2D eigenvalue weighted by Gasteiger charge is -2.31. The Balaban J connectivity index is 2.30. The highest BCUT2D eigenvalue weighted by Crippen LogP contribution is 2.37. The van der Waals surface area contributed by atoms with Gasteiger partial charge in [0, 0.05) is 30.9 Å². The molecule has 25 heavy (non-hydrogen) atoms. The van der Waals surface area contributed by atoms with Crippen LogP contribution >= 0.6 is 0 Å². The van der Waals surface area contributed by atoms with Gasteiger partial charge in [0.1, 0.15) is 5.60 Å². The Morgan fingerprint density at radius 3 is 2.52 bits per heavy atom. The molecule has 0 radical (unpaired) electrons. The number of hydrogen-bond acceptors (Lipinski definition) is 4. The van der Waals surface area contributed by atoms with E-state index in [-0.39, 0.29) is 18.0 Å². The Hall–Kier alpha value is -2.25. The average molecular weight is 358 g/mol. The van der Waals surface area contributed by atoms with Crippen LogP contribution in [-0.4, -0.2) is 41.8 Å². The van der Waals surface area contributed by atoms with Crippen LogP contribution in [0.15, 0.2) is 18.3 Å². The molecule has 0 N–H and O–H groups in total. The maximum Gasteiger partial charge on any atom is 0.417 e. The van der Waals surface area contributed by atoms with Crippen molar-refractivity contribution in [1.29, 1.82) is 0 Å². The first kappa shape index (κ1) is 19.1. The smallest absolute Gasteiger partial charge is 0.417 e. The summed E-state index contributed by atoms with van der Waals surface area (Å²) in [4.78, 5) is 17.5. The molecule has 0 aliphatic carbocycles. The molecular weight excluding hydrogens is 337 g/mol. The third-order valence-corrected chi connectivity index (χ3v) is 3.54. The maximum atomic E-state index is 13.4. The fraction of sp³-hybridized carbons (Fsp3) is 0.529. The van der Waals surface area contributed by atoms with Gasteiger partial charge in [-0.25, -0.2) is 9.78 Å². The lowest BCUT2D eigenvalue weighted by atomic mass is 9.98. The molecular formula is C17H21F3N2O3. The summed E-state index contributed by atoms with van der Waals surface area (Å²) in [6, 6.07) is 0.864. The first-order chi connectivity index (χ1) is 11.5. The van der Waals surface area contributed by atoms with Gasteiger partial charge in [-0.1, -0.05) is 6.08 Å². The monoisotopic (exact) mass is 358 g/mol. The highest BCUT2D eigenvalue weighted by Gasteiger charge is 2.36. The minimum absolute atomic E-state index is 0.0337. The molecule has 0 spiro atoms. The van der Waals surface area contributed by atoms with E-state index in [0.29, 0.717) is 18.5 Å². The van der Waals surface area contributed by atoms with E-state index in [1.165, 1.54) is 12.0 Å². The molecule has 1 aliphatic rings. The van der Waals surface area contributed by atoms with Crippen LogP contribution < -0.4 is 4.74 Å². The van der Waals surface area contributed by atoms with E-state index in [2.05, 4.69) is 4.98 Å².